The molecule has 2 aromatic carbocycles. The van der Waals surface area contributed by atoms with Crippen LogP contribution in [0.5, 0.6) is 11.5 Å². The number of ether oxygens (including phenoxy) is 3. The van der Waals surface area contributed by atoms with Crippen LogP contribution in [0.15, 0.2) is 48.5 Å². The Hall–Kier alpha value is -2.61. The molecule has 32 heavy (non-hydrogen) atoms. The number of aliphatic hydroxyl groups is 1. The maximum Gasteiger partial charge on any atom is 0.254 e. The number of hydrogen-bond donors (Lipinski definition) is 1. The molecule has 3 rings (SSSR count). The van der Waals surface area contributed by atoms with Crippen LogP contribution in [0.25, 0.3) is 0 Å². The molecule has 2 aromatic rings. The largest absolute Gasteiger partial charge is 0.454 e. The number of aliphatic hydroxyl groups excluding tert-OH is 1. The van der Waals surface area contributed by atoms with Gasteiger partial charge in [0.15, 0.2) is 11.5 Å². The van der Waals surface area contributed by atoms with E-state index in [2.05, 4.69) is 11.8 Å². The van der Waals surface area contributed by atoms with Crippen LogP contribution in [0.4, 0.5) is 0 Å². The quantitative estimate of drug-likeness (QED) is 0.577. The van der Waals surface area contributed by atoms with Gasteiger partial charge in [0.25, 0.3) is 5.91 Å². The third-order valence-electron chi connectivity index (χ3n) is 5.88. The molecule has 1 N–H and O–H groups in total. The Morgan fingerprint density at radius 1 is 1.09 bits per heavy atom. The molecule has 0 unspecified atom stereocenters. The second-order valence-corrected chi connectivity index (χ2v) is 8.49. The number of fused-ring (bicyclic) bond motifs is 1. The van der Waals surface area contributed by atoms with E-state index in [0.29, 0.717) is 18.7 Å². The molecular weight excluding hydrogens is 408 g/mol. The van der Waals surface area contributed by atoms with Crippen molar-refractivity contribution in [1.82, 2.24) is 9.80 Å². The second-order valence-electron chi connectivity index (χ2n) is 8.49. The molecule has 0 aromatic heterocycles. The summed E-state index contributed by atoms with van der Waals surface area (Å²) in [7, 11) is 3.75. The number of nitrogens with zero attached hydrogens (tertiary/aromatic N) is 2. The molecule has 0 bridgehead atoms. The predicted molar refractivity (Wildman–Crippen MR) is 123 cm³/mol. The molecule has 0 saturated carbocycles. The highest BCUT2D eigenvalue weighted by molar-refractivity contribution is 5.94. The van der Waals surface area contributed by atoms with E-state index in [-0.39, 0.29) is 37.4 Å². The molecule has 1 aliphatic rings. The number of amides is 1. The average molecular weight is 443 g/mol. The number of methoxy groups -OCH3 is 1. The van der Waals surface area contributed by atoms with Gasteiger partial charge in [-0.1, -0.05) is 31.2 Å². The van der Waals surface area contributed by atoms with Crippen LogP contribution in [0.1, 0.15) is 29.8 Å². The minimum absolute atomic E-state index is 0.0702. The molecule has 3 atom stereocenters. The molecule has 0 fully saturated rings. The fourth-order valence-electron chi connectivity index (χ4n) is 3.95. The minimum atomic E-state index is -0.283. The van der Waals surface area contributed by atoms with Crippen molar-refractivity contribution in [3.63, 3.8) is 0 Å². The monoisotopic (exact) mass is 442 g/mol. The molecule has 0 saturated heterocycles. The Morgan fingerprint density at radius 2 is 1.81 bits per heavy atom. The lowest BCUT2D eigenvalue weighted by atomic mass is 10.0. The van der Waals surface area contributed by atoms with Crippen LogP contribution in [0.3, 0.4) is 0 Å². The van der Waals surface area contributed by atoms with E-state index in [1.165, 1.54) is 0 Å². The fourth-order valence-corrected chi connectivity index (χ4v) is 3.95. The maximum absolute atomic E-state index is 13.1. The van der Waals surface area contributed by atoms with Crippen molar-refractivity contribution < 1.29 is 24.1 Å². The summed E-state index contributed by atoms with van der Waals surface area (Å²) >= 11 is 0. The second kappa shape index (κ2) is 11.3. The summed E-state index contributed by atoms with van der Waals surface area (Å²) < 4.78 is 16.7. The summed E-state index contributed by atoms with van der Waals surface area (Å²) in [6, 6.07) is 14.9. The normalized spacial score (nSPS) is 15.4. The zero-order valence-corrected chi connectivity index (χ0v) is 19.4. The van der Waals surface area contributed by atoms with Gasteiger partial charge in [-0.05, 0) is 43.8 Å². The van der Waals surface area contributed by atoms with Crippen molar-refractivity contribution in [2.45, 2.75) is 32.5 Å². The molecule has 1 heterocycles. The van der Waals surface area contributed by atoms with Crippen LogP contribution < -0.4 is 9.47 Å². The third kappa shape index (κ3) is 6.00. The molecule has 1 aliphatic heterocycles. The number of carbonyl (C=O) groups excluding carboxylic acids is 1. The van der Waals surface area contributed by atoms with Crippen molar-refractivity contribution >= 4 is 5.91 Å². The van der Waals surface area contributed by atoms with Crippen molar-refractivity contribution in [3.05, 3.63) is 59.7 Å². The summed E-state index contributed by atoms with van der Waals surface area (Å²) in [5.74, 6) is 1.55. The van der Waals surface area contributed by atoms with Crippen molar-refractivity contribution in [2.75, 3.05) is 40.6 Å². The lowest BCUT2D eigenvalue weighted by Crippen LogP contribution is -2.47. The summed E-state index contributed by atoms with van der Waals surface area (Å²) in [6.45, 7) is 6.05. The molecule has 1 amide bonds. The lowest BCUT2D eigenvalue weighted by Gasteiger charge is -2.34. The molecule has 0 aliphatic carbocycles. The topological polar surface area (TPSA) is 71.5 Å². The van der Waals surface area contributed by atoms with Gasteiger partial charge in [-0.3, -0.25) is 9.69 Å². The summed E-state index contributed by atoms with van der Waals surface area (Å²) in [6.07, 6.45) is -0.0778. The van der Waals surface area contributed by atoms with E-state index in [0.717, 1.165) is 23.6 Å². The average Bonchev–Trinajstić information content (AvgIpc) is 3.28. The smallest absolute Gasteiger partial charge is 0.254 e. The Kier molecular flexibility index (Phi) is 8.50. The van der Waals surface area contributed by atoms with Crippen LogP contribution in [-0.2, 0) is 11.3 Å². The van der Waals surface area contributed by atoms with Crippen LogP contribution in [0.2, 0.25) is 0 Å². The Bertz CT molecular complexity index is 876. The van der Waals surface area contributed by atoms with E-state index in [9.17, 15) is 9.90 Å². The van der Waals surface area contributed by atoms with Crippen molar-refractivity contribution in [1.29, 1.82) is 0 Å². The predicted octanol–water partition coefficient (Wildman–Crippen LogP) is 3.02. The van der Waals surface area contributed by atoms with Crippen LogP contribution in [-0.4, -0.2) is 73.6 Å². The molecule has 0 spiro atoms. The Morgan fingerprint density at radius 3 is 2.50 bits per heavy atom. The van der Waals surface area contributed by atoms with Gasteiger partial charge in [-0.25, -0.2) is 0 Å². The first-order valence-electron chi connectivity index (χ1n) is 11.0. The van der Waals surface area contributed by atoms with Gasteiger partial charge in [0.1, 0.15) is 0 Å². The highest BCUT2D eigenvalue weighted by Gasteiger charge is 2.27. The van der Waals surface area contributed by atoms with Crippen molar-refractivity contribution in [3.8, 4) is 11.5 Å². The lowest BCUT2D eigenvalue weighted by molar-refractivity contribution is 0.0106. The maximum atomic E-state index is 13.1. The van der Waals surface area contributed by atoms with Gasteiger partial charge in [0, 0.05) is 38.2 Å². The minimum Gasteiger partial charge on any atom is -0.454 e. The SMILES string of the molecule is CO[C@@H](CN(C)Cc1ccc2c(c1)OCO2)[C@@H](C)CN(C(=O)c1ccccc1)[C@@H](C)CO. The molecule has 0 radical (unpaired) electrons. The molecule has 7 nitrogen and oxygen atoms in total. The van der Waals surface area contributed by atoms with E-state index < -0.39 is 0 Å². The first kappa shape index (κ1) is 24.0. The summed E-state index contributed by atoms with van der Waals surface area (Å²) in [5.41, 5.74) is 1.75. The van der Waals surface area contributed by atoms with Gasteiger partial charge in [-0.15, -0.1) is 0 Å². The standard InChI is InChI=1S/C25H34N2O5/c1-18(13-27(19(2)16-28)25(29)21-8-6-5-7-9-21)24(30-4)15-26(3)14-20-10-11-22-23(12-20)32-17-31-22/h5-12,18-19,24,28H,13-17H2,1-4H3/t18-,19-,24-/m0/s1. The number of benzene rings is 2. The van der Waals surface area contributed by atoms with E-state index in [4.69, 9.17) is 14.2 Å². The molecular formula is C25H34N2O5. The summed E-state index contributed by atoms with van der Waals surface area (Å²) in [4.78, 5) is 17.0. The highest BCUT2D eigenvalue weighted by atomic mass is 16.7. The zero-order chi connectivity index (χ0) is 23.1. The third-order valence-corrected chi connectivity index (χ3v) is 5.88. The van der Waals surface area contributed by atoms with Crippen LogP contribution >= 0.6 is 0 Å². The van der Waals surface area contributed by atoms with Gasteiger partial charge < -0.3 is 24.2 Å². The Balaban J connectivity index is 1.62. The van der Waals surface area contributed by atoms with Gasteiger partial charge in [0.05, 0.1) is 18.8 Å². The van der Waals surface area contributed by atoms with Crippen molar-refractivity contribution in [2.24, 2.45) is 5.92 Å². The first-order chi connectivity index (χ1) is 15.4. The summed E-state index contributed by atoms with van der Waals surface area (Å²) in [5, 5.41) is 9.73. The highest BCUT2D eigenvalue weighted by Crippen LogP contribution is 2.32. The number of carbonyl (C=O) groups is 1. The molecule has 174 valence electrons. The van der Waals surface area contributed by atoms with E-state index >= 15 is 0 Å². The molecule has 7 heteroatoms. The van der Waals surface area contributed by atoms with E-state index in [1.807, 2.05) is 50.4 Å². The zero-order valence-electron chi connectivity index (χ0n) is 19.4. The van der Waals surface area contributed by atoms with Crippen LogP contribution in [0, 0.1) is 5.92 Å². The first-order valence-corrected chi connectivity index (χ1v) is 11.0. The van der Waals surface area contributed by atoms with E-state index in [1.54, 1.807) is 24.1 Å². The number of rotatable bonds is 11. The fraction of sp³-hybridized carbons (Fsp3) is 0.480. The van der Waals surface area contributed by atoms with Gasteiger partial charge in [-0.2, -0.15) is 0 Å². The number of hydrogen-bond acceptors (Lipinski definition) is 6. The number of likely N-dealkylation sites (N-methyl/N-ethyl adjacent to an activating group) is 1. The van der Waals surface area contributed by atoms with Gasteiger partial charge >= 0.3 is 0 Å². The Labute approximate surface area is 190 Å². The van der Waals surface area contributed by atoms with Gasteiger partial charge in [0.2, 0.25) is 6.79 Å².